The van der Waals surface area contributed by atoms with Gasteiger partial charge in [-0.3, -0.25) is 9.79 Å². The zero-order valence-electron chi connectivity index (χ0n) is 7.50. The second-order valence-corrected chi connectivity index (χ2v) is 2.75. The van der Waals surface area contributed by atoms with Gasteiger partial charge in [0.2, 0.25) is 5.91 Å². The summed E-state index contributed by atoms with van der Waals surface area (Å²) in [6.45, 7) is 4.57. The molecular formula is C7H16N4O. The third-order valence-corrected chi connectivity index (χ3v) is 1.23. The topological polar surface area (TPSA) is 93.5 Å². The maximum atomic E-state index is 11.0. The third kappa shape index (κ3) is 5.52. The molecule has 0 rings (SSSR count). The first-order valence-corrected chi connectivity index (χ1v) is 3.87. The summed E-state index contributed by atoms with van der Waals surface area (Å²) in [6.07, 6.45) is 0. The van der Waals surface area contributed by atoms with Gasteiger partial charge in [0.1, 0.15) is 0 Å². The highest BCUT2D eigenvalue weighted by Crippen LogP contribution is 1.89. The fourth-order valence-electron chi connectivity index (χ4n) is 0.568. The van der Waals surface area contributed by atoms with Gasteiger partial charge in [0.15, 0.2) is 5.96 Å². The number of hydrogen-bond acceptors (Lipinski definition) is 2. The number of carbonyl (C=O) groups is 1. The van der Waals surface area contributed by atoms with Crippen LogP contribution in [0, 0.1) is 5.92 Å². The molecule has 0 atom stereocenters. The van der Waals surface area contributed by atoms with Crippen molar-refractivity contribution < 1.29 is 4.79 Å². The lowest BCUT2D eigenvalue weighted by atomic mass is 10.2. The summed E-state index contributed by atoms with van der Waals surface area (Å²) in [6, 6.07) is 0. The molecule has 0 aliphatic heterocycles. The monoisotopic (exact) mass is 172 g/mol. The molecule has 0 saturated heterocycles. The first-order valence-electron chi connectivity index (χ1n) is 3.87. The molecule has 0 spiro atoms. The Labute approximate surface area is 72.2 Å². The lowest BCUT2D eigenvalue weighted by Gasteiger charge is -2.05. The molecule has 0 saturated carbocycles. The minimum atomic E-state index is 0.00389. The molecule has 5 heteroatoms. The molecule has 5 nitrogen and oxygen atoms in total. The Morgan fingerprint density at radius 3 is 2.50 bits per heavy atom. The van der Waals surface area contributed by atoms with E-state index in [-0.39, 0.29) is 17.8 Å². The zero-order valence-corrected chi connectivity index (χ0v) is 7.50. The van der Waals surface area contributed by atoms with Crippen molar-refractivity contribution >= 4 is 11.9 Å². The first-order chi connectivity index (χ1) is 5.54. The van der Waals surface area contributed by atoms with Gasteiger partial charge in [-0.25, -0.2) is 0 Å². The van der Waals surface area contributed by atoms with Crippen LogP contribution >= 0.6 is 0 Å². The van der Waals surface area contributed by atoms with Crippen LogP contribution in [0.2, 0.25) is 0 Å². The van der Waals surface area contributed by atoms with Crippen LogP contribution in [0.5, 0.6) is 0 Å². The van der Waals surface area contributed by atoms with Crippen molar-refractivity contribution in [3.63, 3.8) is 0 Å². The van der Waals surface area contributed by atoms with Crippen LogP contribution in [0.3, 0.4) is 0 Å². The highest BCUT2D eigenvalue weighted by Gasteiger charge is 2.03. The van der Waals surface area contributed by atoms with E-state index < -0.39 is 0 Å². The molecule has 0 bridgehead atoms. The molecule has 70 valence electrons. The smallest absolute Gasteiger partial charge is 0.222 e. The Balaban J connectivity index is 3.45. The van der Waals surface area contributed by atoms with E-state index in [0.29, 0.717) is 13.1 Å². The predicted octanol–water partition coefficient (Wildman–Crippen LogP) is -0.968. The number of aliphatic imine (C=N–C) groups is 1. The quantitative estimate of drug-likeness (QED) is 0.289. The molecule has 0 aromatic carbocycles. The molecule has 1 amide bonds. The van der Waals surface area contributed by atoms with Gasteiger partial charge in [-0.1, -0.05) is 13.8 Å². The predicted molar refractivity (Wildman–Crippen MR) is 48.5 cm³/mol. The lowest BCUT2D eigenvalue weighted by Crippen LogP contribution is -2.31. The number of amides is 1. The van der Waals surface area contributed by atoms with E-state index in [1.807, 2.05) is 13.8 Å². The van der Waals surface area contributed by atoms with E-state index in [4.69, 9.17) is 11.5 Å². The summed E-state index contributed by atoms with van der Waals surface area (Å²) >= 11 is 0. The maximum absolute atomic E-state index is 11.0. The van der Waals surface area contributed by atoms with E-state index in [9.17, 15) is 4.79 Å². The number of hydrogen-bond donors (Lipinski definition) is 3. The number of guanidine groups is 1. The van der Waals surface area contributed by atoms with Crippen LogP contribution in [0.25, 0.3) is 0 Å². The third-order valence-electron chi connectivity index (χ3n) is 1.23. The van der Waals surface area contributed by atoms with Gasteiger partial charge < -0.3 is 16.8 Å². The Morgan fingerprint density at radius 2 is 2.08 bits per heavy atom. The van der Waals surface area contributed by atoms with Crippen LogP contribution in [0.1, 0.15) is 13.8 Å². The number of nitrogens with zero attached hydrogens (tertiary/aromatic N) is 1. The van der Waals surface area contributed by atoms with Crippen molar-refractivity contribution in [3.8, 4) is 0 Å². The van der Waals surface area contributed by atoms with Crippen molar-refractivity contribution in [1.82, 2.24) is 5.32 Å². The van der Waals surface area contributed by atoms with Crippen molar-refractivity contribution in [1.29, 1.82) is 0 Å². The highest BCUT2D eigenvalue weighted by molar-refractivity contribution is 5.78. The maximum Gasteiger partial charge on any atom is 0.222 e. The van der Waals surface area contributed by atoms with Crippen molar-refractivity contribution in [3.05, 3.63) is 0 Å². The molecule has 12 heavy (non-hydrogen) atoms. The van der Waals surface area contributed by atoms with E-state index >= 15 is 0 Å². The SMILES string of the molecule is CC(C)C(=O)NCCN=C(N)N. The molecule has 0 heterocycles. The Hall–Kier alpha value is -1.26. The number of nitrogens with two attached hydrogens (primary N) is 2. The Kier molecular flexibility index (Phi) is 4.83. The van der Waals surface area contributed by atoms with Crippen LogP contribution in [-0.2, 0) is 4.79 Å². The summed E-state index contributed by atoms with van der Waals surface area (Å²) in [5.74, 6) is 0.0683. The van der Waals surface area contributed by atoms with E-state index in [2.05, 4.69) is 10.3 Å². The van der Waals surface area contributed by atoms with Crippen molar-refractivity contribution in [2.24, 2.45) is 22.4 Å². The number of carbonyl (C=O) groups excluding carboxylic acids is 1. The molecule has 0 radical (unpaired) electrons. The van der Waals surface area contributed by atoms with E-state index in [1.165, 1.54) is 0 Å². The molecule has 0 aliphatic carbocycles. The number of nitrogens with one attached hydrogen (secondary N) is 1. The normalized spacial score (nSPS) is 9.58. The zero-order chi connectivity index (χ0) is 9.56. The molecule has 0 aromatic heterocycles. The molecule has 0 aromatic rings. The van der Waals surface area contributed by atoms with E-state index in [0.717, 1.165) is 0 Å². The van der Waals surface area contributed by atoms with Crippen LogP contribution < -0.4 is 16.8 Å². The molecule has 0 fully saturated rings. The van der Waals surface area contributed by atoms with Crippen LogP contribution in [0.15, 0.2) is 4.99 Å². The van der Waals surface area contributed by atoms with Gasteiger partial charge in [-0.2, -0.15) is 0 Å². The van der Waals surface area contributed by atoms with Gasteiger partial charge in [0.05, 0.1) is 6.54 Å². The van der Waals surface area contributed by atoms with Crippen molar-refractivity contribution in [2.75, 3.05) is 13.1 Å². The minimum Gasteiger partial charge on any atom is -0.370 e. The van der Waals surface area contributed by atoms with Gasteiger partial charge >= 0.3 is 0 Å². The fraction of sp³-hybridized carbons (Fsp3) is 0.714. The standard InChI is InChI=1S/C7H16N4O/c1-5(2)6(12)10-3-4-11-7(8)9/h5H,3-4H2,1-2H3,(H,10,12)(H4,8,9,11). The summed E-state index contributed by atoms with van der Waals surface area (Å²) in [5, 5.41) is 2.68. The summed E-state index contributed by atoms with van der Waals surface area (Å²) in [5.41, 5.74) is 10.2. The van der Waals surface area contributed by atoms with Crippen molar-refractivity contribution in [2.45, 2.75) is 13.8 Å². The van der Waals surface area contributed by atoms with Gasteiger partial charge in [0, 0.05) is 12.5 Å². The average molecular weight is 172 g/mol. The highest BCUT2D eigenvalue weighted by atomic mass is 16.1. The van der Waals surface area contributed by atoms with E-state index in [1.54, 1.807) is 0 Å². The summed E-state index contributed by atoms with van der Waals surface area (Å²) < 4.78 is 0. The summed E-state index contributed by atoms with van der Waals surface area (Å²) in [7, 11) is 0. The second-order valence-electron chi connectivity index (χ2n) is 2.75. The molecule has 0 unspecified atom stereocenters. The summed E-state index contributed by atoms with van der Waals surface area (Å²) in [4.78, 5) is 14.7. The molecule has 0 aliphatic rings. The fourth-order valence-corrected chi connectivity index (χ4v) is 0.568. The Bertz CT molecular complexity index is 172. The number of rotatable bonds is 4. The van der Waals surface area contributed by atoms with Gasteiger partial charge in [0.25, 0.3) is 0 Å². The second kappa shape index (κ2) is 5.40. The minimum absolute atomic E-state index is 0.00389. The first kappa shape index (κ1) is 10.7. The van der Waals surface area contributed by atoms with Crippen LogP contribution in [0.4, 0.5) is 0 Å². The molecule has 5 N–H and O–H groups in total. The van der Waals surface area contributed by atoms with Gasteiger partial charge in [-0.15, -0.1) is 0 Å². The average Bonchev–Trinajstić information content (AvgIpc) is 1.97. The Morgan fingerprint density at radius 1 is 1.50 bits per heavy atom. The molecular weight excluding hydrogens is 156 g/mol. The van der Waals surface area contributed by atoms with Crippen LogP contribution in [-0.4, -0.2) is 25.0 Å². The van der Waals surface area contributed by atoms with Gasteiger partial charge in [-0.05, 0) is 0 Å². The lowest BCUT2D eigenvalue weighted by molar-refractivity contribution is -0.123. The largest absolute Gasteiger partial charge is 0.370 e.